The molecule has 92 valence electrons. The van der Waals surface area contributed by atoms with Crippen molar-refractivity contribution in [3.63, 3.8) is 0 Å². The summed E-state index contributed by atoms with van der Waals surface area (Å²) >= 11 is 6.46. The molecular formula is C11H9BrN4S2. The van der Waals surface area contributed by atoms with Crippen LogP contribution in [0.3, 0.4) is 0 Å². The number of rotatable bonds is 5. The molecule has 0 bridgehead atoms. The first kappa shape index (κ1) is 13.3. The Morgan fingerprint density at radius 2 is 2.33 bits per heavy atom. The quantitative estimate of drug-likeness (QED) is 0.657. The molecule has 0 fully saturated rings. The molecule has 0 spiro atoms. The summed E-state index contributed by atoms with van der Waals surface area (Å²) in [6, 6.07) is 9.97. The average molecular weight is 341 g/mol. The number of anilines is 2. The van der Waals surface area contributed by atoms with Crippen molar-refractivity contribution in [2.24, 2.45) is 0 Å². The smallest absolute Gasteiger partial charge is 0.210 e. The molecule has 1 aromatic carbocycles. The third kappa shape index (κ3) is 3.98. The molecule has 7 heteroatoms. The topological polar surface area (TPSA) is 61.6 Å². The molecule has 0 amide bonds. The summed E-state index contributed by atoms with van der Waals surface area (Å²) in [6.45, 7) is 0. The van der Waals surface area contributed by atoms with Crippen LogP contribution in [0.1, 0.15) is 6.42 Å². The van der Waals surface area contributed by atoms with Crippen LogP contribution in [0.5, 0.6) is 0 Å². The third-order valence-electron chi connectivity index (χ3n) is 1.92. The van der Waals surface area contributed by atoms with Gasteiger partial charge in [0.05, 0.1) is 6.07 Å². The highest BCUT2D eigenvalue weighted by atomic mass is 79.9. The number of hydrogen-bond donors (Lipinski definition) is 1. The highest BCUT2D eigenvalue weighted by Gasteiger charge is 2.04. The van der Waals surface area contributed by atoms with Gasteiger partial charge in [0.25, 0.3) is 0 Å². The lowest BCUT2D eigenvalue weighted by Crippen LogP contribution is -1.88. The van der Waals surface area contributed by atoms with Gasteiger partial charge in [0, 0.05) is 22.3 Å². The van der Waals surface area contributed by atoms with E-state index in [-0.39, 0.29) is 0 Å². The van der Waals surface area contributed by atoms with E-state index in [1.807, 2.05) is 24.3 Å². The predicted octanol–water partition coefficient (Wildman–Crippen LogP) is 4.05. The van der Waals surface area contributed by atoms with Gasteiger partial charge in [-0.25, -0.2) is 0 Å². The summed E-state index contributed by atoms with van der Waals surface area (Å²) in [5, 5.41) is 20.5. The van der Waals surface area contributed by atoms with Gasteiger partial charge in [-0.3, -0.25) is 0 Å². The molecule has 2 aromatic rings. The molecule has 0 saturated heterocycles. The van der Waals surface area contributed by atoms with E-state index in [0.29, 0.717) is 6.42 Å². The van der Waals surface area contributed by atoms with Gasteiger partial charge in [0.1, 0.15) is 0 Å². The largest absolute Gasteiger partial charge is 0.330 e. The second-order valence-corrected chi connectivity index (χ2v) is 6.50. The van der Waals surface area contributed by atoms with Crippen LogP contribution < -0.4 is 5.32 Å². The van der Waals surface area contributed by atoms with E-state index in [4.69, 9.17) is 5.26 Å². The summed E-state index contributed by atoms with van der Waals surface area (Å²) < 4.78 is 1.89. The van der Waals surface area contributed by atoms with Gasteiger partial charge < -0.3 is 5.32 Å². The maximum Gasteiger partial charge on any atom is 0.210 e. The first-order valence-corrected chi connectivity index (χ1v) is 7.73. The zero-order valence-electron chi connectivity index (χ0n) is 9.26. The van der Waals surface area contributed by atoms with Crippen LogP contribution in [0.15, 0.2) is 33.1 Å². The zero-order valence-corrected chi connectivity index (χ0v) is 12.5. The number of benzene rings is 1. The van der Waals surface area contributed by atoms with E-state index in [2.05, 4.69) is 37.5 Å². The molecule has 0 saturated carbocycles. The van der Waals surface area contributed by atoms with Crippen molar-refractivity contribution in [2.45, 2.75) is 10.8 Å². The van der Waals surface area contributed by atoms with Gasteiger partial charge >= 0.3 is 0 Å². The molecule has 1 N–H and O–H groups in total. The van der Waals surface area contributed by atoms with E-state index >= 15 is 0 Å². The lowest BCUT2D eigenvalue weighted by Gasteiger charge is -2.01. The molecular weight excluding hydrogens is 332 g/mol. The minimum atomic E-state index is 0.526. The Kier molecular flexibility index (Phi) is 4.99. The molecule has 4 nitrogen and oxygen atoms in total. The lowest BCUT2D eigenvalue weighted by molar-refractivity contribution is 1.01. The van der Waals surface area contributed by atoms with Crippen LogP contribution in [-0.4, -0.2) is 16.0 Å². The second-order valence-electron chi connectivity index (χ2n) is 3.27. The van der Waals surface area contributed by atoms with Gasteiger partial charge in [-0.1, -0.05) is 45.1 Å². The van der Waals surface area contributed by atoms with Gasteiger partial charge in [-0.15, -0.1) is 10.2 Å². The summed E-state index contributed by atoms with van der Waals surface area (Å²) in [4.78, 5) is 0. The Morgan fingerprint density at radius 1 is 1.44 bits per heavy atom. The zero-order chi connectivity index (χ0) is 12.8. The fourth-order valence-corrected chi connectivity index (χ4v) is 3.28. The number of thioether (sulfide) groups is 1. The minimum Gasteiger partial charge on any atom is -0.330 e. The van der Waals surface area contributed by atoms with Crippen LogP contribution in [0.4, 0.5) is 10.8 Å². The predicted molar refractivity (Wildman–Crippen MR) is 78.3 cm³/mol. The minimum absolute atomic E-state index is 0.526. The molecule has 0 unspecified atom stereocenters. The van der Waals surface area contributed by atoms with Crippen molar-refractivity contribution in [1.82, 2.24) is 10.2 Å². The van der Waals surface area contributed by atoms with Gasteiger partial charge in [0.2, 0.25) is 5.13 Å². The molecule has 0 aliphatic heterocycles. The van der Waals surface area contributed by atoms with Crippen molar-refractivity contribution >= 4 is 49.8 Å². The first-order valence-electron chi connectivity index (χ1n) is 5.14. The standard InChI is InChI=1S/C11H9BrN4S2/c12-8-3-1-4-9(7-8)14-10-15-16-11(18-10)17-6-2-5-13/h1,3-4,7H,2,6H2,(H,14,15). The Bertz CT molecular complexity index is 564. The Morgan fingerprint density at radius 3 is 3.11 bits per heavy atom. The van der Waals surface area contributed by atoms with Gasteiger partial charge in [0.15, 0.2) is 4.34 Å². The van der Waals surface area contributed by atoms with Crippen molar-refractivity contribution in [3.05, 3.63) is 28.7 Å². The van der Waals surface area contributed by atoms with E-state index in [1.54, 1.807) is 11.8 Å². The van der Waals surface area contributed by atoms with E-state index in [0.717, 1.165) is 25.4 Å². The molecule has 1 aromatic heterocycles. The van der Waals surface area contributed by atoms with Crippen molar-refractivity contribution < 1.29 is 0 Å². The number of halogens is 1. The summed E-state index contributed by atoms with van der Waals surface area (Å²) in [5.74, 6) is 0.752. The van der Waals surface area contributed by atoms with Crippen LogP contribution >= 0.6 is 39.0 Å². The molecule has 0 aliphatic carbocycles. The molecule has 18 heavy (non-hydrogen) atoms. The van der Waals surface area contributed by atoms with Crippen LogP contribution in [0.25, 0.3) is 0 Å². The highest BCUT2D eigenvalue weighted by molar-refractivity contribution is 9.10. The second kappa shape index (κ2) is 6.73. The first-order chi connectivity index (χ1) is 8.78. The maximum absolute atomic E-state index is 8.46. The Labute approximate surface area is 122 Å². The van der Waals surface area contributed by atoms with Crippen molar-refractivity contribution in [1.29, 1.82) is 5.26 Å². The van der Waals surface area contributed by atoms with Crippen LogP contribution in [0, 0.1) is 11.3 Å². The summed E-state index contributed by atoms with van der Waals surface area (Å²) in [5.41, 5.74) is 0.967. The van der Waals surface area contributed by atoms with Crippen LogP contribution in [0.2, 0.25) is 0 Å². The molecule has 0 aliphatic rings. The van der Waals surface area contributed by atoms with E-state index in [9.17, 15) is 0 Å². The fourth-order valence-electron chi connectivity index (χ4n) is 1.19. The van der Waals surface area contributed by atoms with Crippen molar-refractivity contribution in [3.8, 4) is 6.07 Å². The molecule has 0 atom stereocenters. The normalized spacial score (nSPS) is 10.0. The number of aromatic nitrogens is 2. The van der Waals surface area contributed by atoms with Crippen LogP contribution in [-0.2, 0) is 0 Å². The van der Waals surface area contributed by atoms with Gasteiger partial charge in [-0.2, -0.15) is 5.26 Å². The average Bonchev–Trinajstić information content (AvgIpc) is 2.77. The maximum atomic E-state index is 8.46. The number of nitrogens with zero attached hydrogens (tertiary/aromatic N) is 3. The third-order valence-corrected chi connectivity index (χ3v) is 4.39. The number of nitriles is 1. The molecule has 1 heterocycles. The molecule has 0 radical (unpaired) electrons. The van der Waals surface area contributed by atoms with E-state index < -0.39 is 0 Å². The SMILES string of the molecule is N#CCCSc1nnc(Nc2cccc(Br)c2)s1. The highest BCUT2D eigenvalue weighted by Crippen LogP contribution is 2.28. The van der Waals surface area contributed by atoms with Gasteiger partial charge in [-0.05, 0) is 18.2 Å². The Balaban J connectivity index is 1.96. The number of hydrogen-bond acceptors (Lipinski definition) is 6. The summed E-state index contributed by atoms with van der Waals surface area (Å²) in [6.07, 6.45) is 0.526. The van der Waals surface area contributed by atoms with Crippen molar-refractivity contribution in [2.75, 3.05) is 11.1 Å². The lowest BCUT2D eigenvalue weighted by atomic mass is 10.3. The van der Waals surface area contributed by atoms with E-state index in [1.165, 1.54) is 11.3 Å². The number of nitrogens with one attached hydrogen (secondary N) is 1. The summed E-state index contributed by atoms with van der Waals surface area (Å²) in [7, 11) is 0. The Hall–Kier alpha value is -1.10. The molecule has 2 rings (SSSR count). The monoisotopic (exact) mass is 340 g/mol. The fraction of sp³-hybridized carbons (Fsp3) is 0.182.